The Hall–Kier alpha value is -5.69. The van der Waals surface area contributed by atoms with Gasteiger partial charge in [0.25, 0.3) is 11.8 Å². The summed E-state index contributed by atoms with van der Waals surface area (Å²) >= 11 is 1.27. The fourth-order valence-electron chi connectivity index (χ4n) is 4.75. The van der Waals surface area contributed by atoms with Gasteiger partial charge in [0.05, 0.1) is 11.5 Å². The first-order valence-electron chi connectivity index (χ1n) is 15.5. The average molecular weight is 707 g/mol. The van der Waals surface area contributed by atoms with Gasteiger partial charge in [0.1, 0.15) is 16.7 Å². The third kappa shape index (κ3) is 9.92. The van der Waals surface area contributed by atoms with Crippen molar-refractivity contribution in [2.75, 3.05) is 17.2 Å². The van der Waals surface area contributed by atoms with Gasteiger partial charge in [0, 0.05) is 21.8 Å². The van der Waals surface area contributed by atoms with Crippen LogP contribution in [0.3, 0.4) is 0 Å². The van der Waals surface area contributed by atoms with Crippen LogP contribution in [0.15, 0.2) is 149 Å². The van der Waals surface area contributed by atoms with Crippen LogP contribution in [-0.2, 0) is 19.6 Å². The van der Waals surface area contributed by atoms with E-state index >= 15 is 0 Å². The highest BCUT2D eigenvalue weighted by molar-refractivity contribution is 8.00. The minimum atomic E-state index is -3.88. The fraction of sp³-hybridized carbons (Fsp3) is 0.0789. The third-order valence-corrected chi connectivity index (χ3v) is 9.34. The molecular formula is C38H34N4O6S2. The van der Waals surface area contributed by atoms with Crippen LogP contribution in [0, 0.1) is 0 Å². The maximum Gasteiger partial charge on any atom is 0.272 e. The smallest absolute Gasteiger partial charge is 0.272 e. The Balaban J connectivity index is 1.37. The first kappa shape index (κ1) is 35.6. The number of nitrogens with one attached hydrogen (secondary N) is 3. The molecule has 1 unspecified atom stereocenters. The lowest BCUT2D eigenvalue weighted by Crippen LogP contribution is -2.30. The normalized spacial score (nSPS) is 12.0. The van der Waals surface area contributed by atoms with Crippen LogP contribution in [-0.4, -0.2) is 32.7 Å². The van der Waals surface area contributed by atoms with Crippen LogP contribution >= 0.6 is 11.8 Å². The minimum absolute atomic E-state index is 0.0241. The Morgan fingerprint density at radius 1 is 0.780 bits per heavy atom. The molecule has 0 saturated heterocycles. The van der Waals surface area contributed by atoms with Crippen LogP contribution in [0.2, 0.25) is 0 Å². The summed E-state index contributed by atoms with van der Waals surface area (Å²) in [7, 11) is -3.88. The topological polar surface area (TPSA) is 157 Å². The van der Waals surface area contributed by atoms with Crippen molar-refractivity contribution in [3.05, 3.63) is 156 Å². The maximum absolute atomic E-state index is 13.7. The summed E-state index contributed by atoms with van der Waals surface area (Å²) in [4.78, 5) is 41.0. The number of sulfonamides is 1. The molecule has 12 heteroatoms. The highest BCUT2D eigenvalue weighted by atomic mass is 32.2. The molecule has 254 valence electrons. The number of primary sulfonamides is 1. The molecule has 3 amide bonds. The molecule has 0 aliphatic heterocycles. The van der Waals surface area contributed by atoms with E-state index in [9.17, 15) is 22.8 Å². The van der Waals surface area contributed by atoms with Gasteiger partial charge in [-0.3, -0.25) is 14.4 Å². The summed E-state index contributed by atoms with van der Waals surface area (Å²) in [6.07, 6.45) is 1.58. The molecule has 5 N–H and O–H groups in total. The molecule has 0 bridgehead atoms. The Morgan fingerprint density at radius 2 is 1.44 bits per heavy atom. The number of ether oxygens (including phenoxy) is 1. The van der Waals surface area contributed by atoms with Crippen molar-refractivity contribution in [1.82, 2.24) is 5.32 Å². The number of carbonyl (C=O) groups excluding carboxylic acids is 3. The number of carbonyl (C=O) groups is 3. The summed E-state index contributed by atoms with van der Waals surface area (Å²) < 4.78 is 28.8. The van der Waals surface area contributed by atoms with Gasteiger partial charge in [0.15, 0.2) is 0 Å². The molecule has 5 aromatic rings. The predicted octanol–water partition coefficient (Wildman–Crippen LogP) is 6.61. The van der Waals surface area contributed by atoms with E-state index in [1.165, 1.54) is 36.0 Å². The Labute approximate surface area is 294 Å². The van der Waals surface area contributed by atoms with Crippen molar-refractivity contribution < 1.29 is 27.5 Å². The van der Waals surface area contributed by atoms with Crippen molar-refractivity contribution in [1.29, 1.82) is 0 Å². The van der Waals surface area contributed by atoms with Crippen LogP contribution in [0.5, 0.6) is 5.75 Å². The molecule has 1 atom stereocenters. The molecule has 0 fully saturated rings. The summed E-state index contributed by atoms with van der Waals surface area (Å²) in [5.74, 6) is -0.659. The van der Waals surface area contributed by atoms with E-state index in [0.717, 1.165) is 5.56 Å². The first-order chi connectivity index (χ1) is 24.1. The molecule has 0 heterocycles. The number of rotatable bonds is 13. The molecule has 5 rings (SSSR count). The lowest BCUT2D eigenvalue weighted by Gasteiger charge is -2.18. The molecule has 10 nitrogen and oxygen atoms in total. The molecule has 0 spiro atoms. The second-order valence-electron chi connectivity index (χ2n) is 10.8. The number of nitrogens with two attached hydrogens (primary N) is 1. The number of hydrogen-bond acceptors (Lipinski definition) is 7. The number of hydrogen-bond donors (Lipinski definition) is 4. The van der Waals surface area contributed by atoms with E-state index in [0.29, 0.717) is 39.8 Å². The van der Waals surface area contributed by atoms with Crippen molar-refractivity contribution in [3.8, 4) is 5.75 Å². The van der Waals surface area contributed by atoms with Gasteiger partial charge in [-0.1, -0.05) is 66.7 Å². The van der Waals surface area contributed by atoms with Gasteiger partial charge in [-0.05, 0) is 90.9 Å². The average Bonchev–Trinajstić information content (AvgIpc) is 3.12. The second kappa shape index (κ2) is 16.6. The second-order valence-corrected chi connectivity index (χ2v) is 13.6. The van der Waals surface area contributed by atoms with E-state index in [2.05, 4.69) is 16.0 Å². The van der Waals surface area contributed by atoms with Crippen LogP contribution < -0.4 is 25.8 Å². The first-order valence-corrected chi connectivity index (χ1v) is 17.9. The van der Waals surface area contributed by atoms with E-state index in [1.807, 2.05) is 43.3 Å². The van der Waals surface area contributed by atoms with Crippen molar-refractivity contribution in [2.45, 2.75) is 22.0 Å². The lowest BCUT2D eigenvalue weighted by molar-refractivity contribution is -0.116. The van der Waals surface area contributed by atoms with Gasteiger partial charge >= 0.3 is 0 Å². The summed E-state index contributed by atoms with van der Waals surface area (Å²) in [5, 5.41) is 12.9. The lowest BCUT2D eigenvalue weighted by atomic mass is 10.1. The molecular weight excluding hydrogens is 673 g/mol. The zero-order valence-corrected chi connectivity index (χ0v) is 28.5. The molecule has 50 heavy (non-hydrogen) atoms. The van der Waals surface area contributed by atoms with Crippen LogP contribution in [0.1, 0.15) is 33.7 Å². The molecule has 0 aliphatic rings. The summed E-state index contributed by atoms with van der Waals surface area (Å²) in [6.45, 7) is 2.40. The van der Waals surface area contributed by atoms with Crippen molar-refractivity contribution in [2.24, 2.45) is 5.14 Å². The zero-order chi connectivity index (χ0) is 35.5. The number of amides is 3. The molecule has 0 saturated carbocycles. The van der Waals surface area contributed by atoms with E-state index in [1.54, 1.807) is 78.9 Å². The molecule has 5 aromatic carbocycles. The SMILES string of the molecule is CCOc1ccc(/C=C(/NC(=O)c2ccccc2)C(=O)Nc2cccc(SC(C(=O)Nc3ccc(S(N)(=O)=O)cc3)c3ccccc3)c2)cc1. The third-order valence-electron chi connectivity index (χ3n) is 7.17. The fourth-order valence-corrected chi connectivity index (χ4v) is 6.35. The quantitative estimate of drug-likeness (QED) is 0.0793. The highest BCUT2D eigenvalue weighted by Crippen LogP contribution is 2.37. The minimum Gasteiger partial charge on any atom is -0.494 e. The Morgan fingerprint density at radius 3 is 2.08 bits per heavy atom. The number of benzene rings is 5. The highest BCUT2D eigenvalue weighted by Gasteiger charge is 2.23. The van der Waals surface area contributed by atoms with Crippen LogP contribution in [0.25, 0.3) is 6.08 Å². The zero-order valence-electron chi connectivity index (χ0n) is 26.9. The number of thioether (sulfide) groups is 1. The van der Waals surface area contributed by atoms with Gasteiger partial charge < -0.3 is 20.7 Å². The van der Waals surface area contributed by atoms with Crippen molar-refractivity contribution >= 4 is 57.0 Å². The molecule has 0 radical (unpaired) electrons. The van der Waals surface area contributed by atoms with E-state index < -0.39 is 27.1 Å². The Kier molecular flexibility index (Phi) is 11.8. The van der Waals surface area contributed by atoms with Gasteiger partial charge in [0.2, 0.25) is 15.9 Å². The van der Waals surface area contributed by atoms with E-state index in [-0.39, 0.29) is 16.5 Å². The molecule has 0 aliphatic carbocycles. The van der Waals surface area contributed by atoms with Crippen LogP contribution in [0.4, 0.5) is 11.4 Å². The summed E-state index contributed by atoms with van der Waals surface area (Å²) in [5.41, 5.74) is 2.66. The maximum atomic E-state index is 13.7. The Bertz CT molecular complexity index is 2090. The van der Waals surface area contributed by atoms with E-state index in [4.69, 9.17) is 9.88 Å². The molecule has 0 aromatic heterocycles. The standard InChI is InChI=1S/C38H34N4O6S2/c1-2-48-31-20-16-26(17-21-31)24-34(42-36(43)28-12-7-4-8-13-28)37(44)41-30-14-9-15-32(25-30)49-35(27-10-5-3-6-11-27)38(45)40-29-18-22-33(23-19-29)50(39,46)47/h3-25,35H,2H2,1H3,(H,40,45)(H,41,44)(H,42,43)(H2,39,46,47)/b34-24+. The monoisotopic (exact) mass is 706 g/mol. The van der Waals surface area contributed by atoms with Gasteiger partial charge in [-0.15, -0.1) is 11.8 Å². The van der Waals surface area contributed by atoms with Crippen molar-refractivity contribution in [3.63, 3.8) is 0 Å². The van der Waals surface area contributed by atoms with Gasteiger partial charge in [-0.25, -0.2) is 13.6 Å². The van der Waals surface area contributed by atoms with Gasteiger partial charge in [-0.2, -0.15) is 0 Å². The summed E-state index contributed by atoms with van der Waals surface area (Å²) in [6, 6.07) is 37.5. The predicted molar refractivity (Wildman–Crippen MR) is 196 cm³/mol. The largest absolute Gasteiger partial charge is 0.494 e. The number of anilines is 2.